The molecular weight excluding hydrogens is 300 g/mol. The summed E-state index contributed by atoms with van der Waals surface area (Å²) in [6.07, 6.45) is 12.9. The lowest BCUT2D eigenvalue weighted by molar-refractivity contribution is 0.183. The van der Waals surface area contributed by atoms with Crippen molar-refractivity contribution in [3.05, 3.63) is 0 Å². The fourth-order valence-corrected chi connectivity index (χ4v) is 4.32. The summed E-state index contributed by atoms with van der Waals surface area (Å²) in [6.45, 7) is 4.18. The van der Waals surface area contributed by atoms with Gasteiger partial charge in [-0.2, -0.15) is 0 Å². The van der Waals surface area contributed by atoms with Gasteiger partial charge in [0.1, 0.15) is 0 Å². The van der Waals surface area contributed by atoms with Crippen molar-refractivity contribution in [2.45, 2.75) is 82.3 Å². The second-order valence-electron chi connectivity index (χ2n) is 8.07. The molecule has 1 heterocycles. The highest BCUT2D eigenvalue weighted by atomic mass is 16.2. The van der Waals surface area contributed by atoms with E-state index >= 15 is 0 Å². The van der Waals surface area contributed by atoms with Crippen LogP contribution in [0.2, 0.25) is 0 Å². The van der Waals surface area contributed by atoms with Gasteiger partial charge in [0.25, 0.3) is 0 Å². The van der Waals surface area contributed by atoms with Crippen molar-refractivity contribution >= 4 is 6.03 Å². The van der Waals surface area contributed by atoms with Crippen LogP contribution in [0.1, 0.15) is 64.2 Å². The molecule has 5 heteroatoms. The predicted molar refractivity (Wildman–Crippen MR) is 98.3 cm³/mol. The van der Waals surface area contributed by atoms with E-state index in [-0.39, 0.29) is 6.03 Å². The van der Waals surface area contributed by atoms with Gasteiger partial charge in [-0.15, -0.1) is 0 Å². The summed E-state index contributed by atoms with van der Waals surface area (Å²) in [5, 5.41) is 6.20. The van der Waals surface area contributed by atoms with Crippen LogP contribution in [0.4, 0.5) is 4.79 Å². The Bertz CT molecular complexity index is 385. The van der Waals surface area contributed by atoms with Crippen molar-refractivity contribution in [1.82, 2.24) is 20.4 Å². The number of likely N-dealkylation sites (tertiary alicyclic amines) is 1. The second-order valence-corrected chi connectivity index (χ2v) is 8.07. The number of nitrogens with zero attached hydrogens (tertiary/aromatic N) is 2. The molecule has 1 aliphatic heterocycles. The van der Waals surface area contributed by atoms with E-state index in [9.17, 15) is 4.79 Å². The van der Waals surface area contributed by atoms with Crippen LogP contribution in [-0.2, 0) is 0 Å². The van der Waals surface area contributed by atoms with E-state index in [0.717, 1.165) is 57.5 Å². The zero-order chi connectivity index (χ0) is 16.8. The van der Waals surface area contributed by atoms with Crippen molar-refractivity contribution in [3.63, 3.8) is 0 Å². The number of amides is 2. The molecule has 138 valence electrons. The molecule has 0 aromatic heterocycles. The summed E-state index contributed by atoms with van der Waals surface area (Å²) in [4.78, 5) is 17.1. The highest BCUT2D eigenvalue weighted by molar-refractivity contribution is 5.74. The van der Waals surface area contributed by atoms with E-state index < -0.39 is 0 Å². The van der Waals surface area contributed by atoms with Crippen LogP contribution in [0.3, 0.4) is 0 Å². The molecule has 24 heavy (non-hydrogen) atoms. The van der Waals surface area contributed by atoms with Crippen LogP contribution in [0, 0.1) is 0 Å². The molecule has 0 bridgehead atoms. The van der Waals surface area contributed by atoms with Crippen LogP contribution in [0.25, 0.3) is 0 Å². The van der Waals surface area contributed by atoms with Gasteiger partial charge in [0.05, 0.1) is 0 Å². The number of hydrogen-bond acceptors (Lipinski definition) is 3. The summed E-state index contributed by atoms with van der Waals surface area (Å²) in [5.74, 6) is 0. The zero-order valence-corrected chi connectivity index (χ0v) is 15.4. The quantitative estimate of drug-likeness (QED) is 0.703. The van der Waals surface area contributed by atoms with Gasteiger partial charge < -0.3 is 20.4 Å². The Hall–Kier alpha value is -0.810. The molecule has 0 aromatic carbocycles. The Morgan fingerprint density at radius 1 is 1.04 bits per heavy atom. The fraction of sp³-hybridized carbons (Fsp3) is 0.947. The molecule has 2 amide bonds. The van der Waals surface area contributed by atoms with Crippen LogP contribution < -0.4 is 10.6 Å². The van der Waals surface area contributed by atoms with Crippen LogP contribution >= 0.6 is 0 Å². The van der Waals surface area contributed by atoms with Gasteiger partial charge in [0.2, 0.25) is 0 Å². The van der Waals surface area contributed by atoms with Crippen molar-refractivity contribution in [2.24, 2.45) is 0 Å². The van der Waals surface area contributed by atoms with Gasteiger partial charge in [-0.05, 0) is 58.5 Å². The van der Waals surface area contributed by atoms with Gasteiger partial charge in [0, 0.05) is 37.8 Å². The number of piperidine rings is 1. The van der Waals surface area contributed by atoms with Gasteiger partial charge in [0.15, 0.2) is 0 Å². The zero-order valence-electron chi connectivity index (χ0n) is 15.4. The van der Waals surface area contributed by atoms with Crippen molar-refractivity contribution in [2.75, 3.05) is 33.2 Å². The van der Waals surface area contributed by atoms with Gasteiger partial charge >= 0.3 is 6.03 Å². The van der Waals surface area contributed by atoms with Crippen LogP contribution in [-0.4, -0.2) is 67.2 Å². The van der Waals surface area contributed by atoms with Gasteiger partial charge in [-0.1, -0.05) is 19.3 Å². The molecule has 2 N–H and O–H groups in total. The average molecular weight is 337 g/mol. The fourth-order valence-electron chi connectivity index (χ4n) is 4.32. The summed E-state index contributed by atoms with van der Waals surface area (Å²) < 4.78 is 0. The first-order valence-electron chi connectivity index (χ1n) is 10.2. The Labute approximate surface area is 147 Å². The first-order valence-corrected chi connectivity index (χ1v) is 10.2. The number of nitrogens with one attached hydrogen (secondary N) is 2. The van der Waals surface area contributed by atoms with Crippen molar-refractivity contribution in [1.29, 1.82) is 0 Å². The maximum atomic E-state index is 12.0. The third-order valence-corrected chi connectivity index (χ3v) is 6.10. The molecule has 0 unspecified atom stereocenters. The standard InChI is InChI=1S/C19H36N4O/c1-22(17-6-3-2-4-7-17)13-5-12-20-19(24)21-16-10-14-23(15-11-16)18-8-9-18/h16-18H,2-15H2,1H3,(H2,20,21,24). The lowest BCUT2D eigenvalue weighted by Crippen LogP contribution is -2.48. The van der Waals surface area contributed by atoms with E-state index in [4.69, 9.17) is 0 Å². The molecule has 3 aliphatic rings. The number of urea groups is 1. The third kappa shape index (κ3) is 5.62. The highest BCUT2D eigenvalue weighted by Crippen LogP contribution is 2.29. The Morgan fingerprint density at radius 2 is 1.75 bits per heavy atom. The Kier molecular flexibility index (Phi) is 6.78. The molecule has 0 atom stereocenters. The molecule has 1 saturated heterocycles. The number of carbonyl (C=O) groups excluding carboxylic acids is 1. The van der Waals surface area contributed by atoms with Gasteiger partial charge in [-0.25, -0.2) is 4.79 Å². The topological polar surface area (TPSA) is 47.6 Å². The predicted octanol–water partition coefficient (Wildman–Crippen LogP) is 2.57. The van der Waals surface area contributed by atoms with E-state index in [2.05, 4.69) is 27.5 Å². The minimum Gasteiger partial charge on any atom is -0.338 e. The monoisotopic (exact) mass is 336 g/mol. The average Bonchev–Trinajstić information content (AvgIpc) is 3.45. The van der Waals surface area contributed by atoms with Crippen LogP contribution in [0.5, 0.6) is 0 Å². The van der Waals surface area contributed by atoms with E-state index in [1.807, 2.05) is 0 Å². The minimum atomic E-state index is 0.0280. The Balaban J connectivity index is 1.22. The number of hydrogen-bond donors (Lipinski definition) is 2. The molecule has 0 aromatic rings. The molecule has 5 nitrogen and oxygen atoms in total. The summed E-state index contributed by atoms with van der Waals surface area (Å²) in [6, 6.07) is 2.02. The maximum Gasteiger partial charge on any atom is 0.315 e. The molecule has 2 saturated carbocycles. The van der Waals surface area contributed by atoms with Crippen LogP contribution in [0.15, 0.2) is 0 Å². The molecular formula is C19H36N4O. The first kappa shape index (κ1) is 18.0. The largest absolute Gasteiger partial charge is 0.338 e. The minimum absolute atomic E-state index is 0.0280. The molecule has 2 aliphatic carbocycles. The van der Waals surface area contributed by atoms with E-state index in [0.29, 0.717) is 6.04 Å². The highest BCUT2D eigenvalue weighted by Gasteiger charge is 2.32. The number of carbonyl (C=O) groups is 1. The van der Waals surface area contributed by atoms with Crippen molar-refractivity contribution < 1.29 is 4.79 Å². The smallest absolute Gasteiger partial charge is 0.315 e. The summed E-state index contributed by atoms with van der Waals surface area (Å²) in [7, 11) is 2.24. The molecule has 0 radical (unpaired) electrons. The molecule has 0 spiro atoms. The lowest BCUT2D eigenvalue weighted by Gasteiger charge is -2.32. The lowest BCUT2D eigenvalue weighted by atomic mass is 9.94. The van der Waals surface area contributed by atoms with Gasteiger partial charge in [-0.3, -0.25) is 0 Å². The normalized spacial score (nSPS) is 24.2. The SMILES string of the molecule is CN(CCCNC(=O)NC1CCN(C2CC2)CC1)C1CCCCC1. The number of rotatable bonds is 7. The van der Waals surface area contributed by atoms with E-state index in [1.54, 1.807) is 0 Å². The third-order valence-electron chi connectivity index (χ3n) is 6.10. The Morgan fingerprint density at radius 3 is 2.42 bits per heavy atom. The maximum absolute atomic E-state index is 12.0. The first-order chi connectivity index (χ1) is 11.7. The summed E-state index contributed by atoms with van der Waals surface area (Å²) in [5.41, 5.74) is 0. The molecule has 3 fully saturated rings. The summed E-state index contributed by atoms with van der Waals surface area (Å²) >= 11 is 0. The second kappa shape index (κ2) is 9.04. The van der Waals surface area contributed by atoms with E-state index in [1.165, 1.54) is 44.9 Å². The molecule has 3 rings (SSSR count). The van der Waals surface area contributed by atoms with Crippen molar-refractivity contribution in [3.8, 4) is 0 Å².